The molecule has 2 aromatic rings. The van der Waals surface area contributed by atoms with Gasteiger partial charge in [-0.05, 0) is 62.1 Å². The monoisotopic (exact) mass is 499 g/mol. The fraction of sp³-hybridized carbons (Fsp3) is 0.536. The molecule has 2 aliphatic rings. The van der Waals surface area contributed by atoms with E-state index in [4.69, 9.17) is 4.74 Å². The number of aryl methyl sites for hydroxylation is 2. The van der Waals surface area contributed by atoms with Gasteiger partial charge in [-0.3, -0.25) is 9.69 Å². The number of anilines is 1. The van der Waals surface area contributed by atoms with Gasteiger partial charge >= 0.3 is 0 Å². The second kappa shape index (κ2) is 10.7. The van der Waals surface area contributed by atoms with Crippen molar-refractivity contribution in [3.05, 3.63) is 59.4 Å². The van der Waals surface area contributed by atoms with Gasteiger partial charge in [-0.15, -0.1) is 0 Å². The van der Waals surface area contributed by atoms with Crippen LogP contribution in [-0.4, -0.2) is 89.5 Å². The minimum atomic E-state index is -1.29. The Morgan fingerprint density at radius 1 is 0.972 bits per heavy atom. The maximum atomic E-state index is 14.2. The van der Waals surface area contributed by atoms with E-state index in [1.165, 1.54) is 18.6 Å². The molecule has 36 heavy (non-hydrogen) atoms. The van der Waals surface area contributed by atoms with Crippen LogP contribution < -0.4 is 9.64 Å². The van der Waals surface area contributed by atoms with E-state index in [0.717, 1.165) is 5.56 Å². The lowest BCUT2D eigenvalue weighted by atomic mass is 9.90. The van der Waals surface area contributed by atoms with Crippen LogP contribution in [0.2, 0.25) is 0 Å². The van der Waals surface area contributed by atoms with Crippen LogP contribution in [0.15, 0.2) is 42.5 Å². The second-order valence-electron chi connectivity index (χ2n) is 10.6. The Morgan fingerprint density at radius 3 is 2.36 bits per heavy atom. The van der Waals surface area contributed by atoms with Gasteiger partial charge in [0.2, 0.25) is 5.91 Å². The molecule has 2 N–H and O–H groups in total. The summed E-state index contributed by atoms with van der Waals surface area (Å²) in [4.78, 5) is 17.9. The van der Waals surface area contributed by atoms with Gasteiger partial charge in [0.1, 0.15) is 23.8 Å². The number of hydrogen-bond donors (Lipinski definition) is 2. The molecule has 0 aliphatic carbocycles. The topological polar surface area (TPSA) is 76.5 Å². The second-order valence-corrected chi connectivity index (χ2v) is 10.6. The Kier molecular flexibility index (Phi) is 7.87. The lowest BCUT2D eigenvalue weighted by Gasteiger charge is -2.42. The SMILES string of the molecule is CC(=O)N1CCN(CC2(O)CCN(c3ccccc3F)CC2)C[C@@](O)(COc2ccc(C)c(C)c2)C1. The Balaban J connectivity index is 1.42. The van der Waals surface area contributed by atoms with Gasteiger partial charge in [0.15, 0.2) is 0 Å². The molecular formula is C28H38FN3O4. The Morgan fingerprint density at radius 2 is 1.69 bits per heavy atom. The molecule has 8 heteroatoms. The highest BCUT2D eigenvalue weighted by molar-refractivity contribution is 5.73. The molecule has 1 amide bonds. The maximum absolute atomic E-state index is 14.2. The molecule has 0 spiro atoms. The molecule has 0 saturated carbocycles. The van der Waals surface area contributed by atoms with Gasteiger partial charge in [0.05, 0.1) is 17.8 Å². The van der Waals surface area contributed by atoms with Gasteiger partial charge in [-0.2, -0.15) is 0 Å². The number of halogens is 1. The zero-order valence-electron chi connectivity index (χ0n) is 21.5. The minimum absolute atomic E-state index is 0.0370. The molecule has 0 radical (unpaired) electrons. The number of carbonyl (C=O) groups excluding carboxylic acids is 1. The summed E-state index contributed by atoms with van der Waals surface area (Å²) < 4.78 is 20.2. The van der Waals surface area contributed by atoms with Crippen molar-refractivity contribution >= 4 is 11.6 Å². The average Bonchev–Trinajstić information content (AvgIpc) is 2.99. The molecule has 2 fully saturated rings. The maximum Gasteiger partial charge on any atom is 0.219 e. The van der Waals surface area contributed by atoms with Gasteiger partial charge in [-0.1, -0.05) is 18.2 Å². The molecule has 1 atom stereocenters. The van der Waals surface area contributed by atoms with Gasteiger partial charge in [0.25, 0.3) is 0 Å². The lowest BCUT2D eigenvalue weighted by molar-refractivity contribution is -0.132. The van der Waals surface area contributed by atoms with Gasteiger partial charge in [-0.25, -0.2) is 4.39 Å². The van der Waals surface area contributed by atoms with Crippen LogP contribution in [0, 0.1) is 19.7 Å². The predicted octanol–water partition coefficient (Wildman–Crippen LogP) is 2.75. The average molecular weight is 500 g/mol. The number of aliphatic hydroxyl groups is 2. The first-order chi connectivity index (χ1) is 17.1. The predicted molar refractivity (Wildman–Crippen MR) is 138 cm³/mol. The molecule has 2 aromatic carbocycles. The minimum Gasteiger partial charge on any atom is -0.490 e. The van der Waals surface area contributed by atoms with Crippen LogP contribution in [0.4, 0.5) is 10.1 Å². The normalized spacial score (nSPS) is 22.8. The molecule has 196 valence electrons. The van der Waals surface area contributed by atoms with Crippen LogP contribution in [-0.2, 0) is 4.79 Å². The van der Waals surface area contributed by atoms with E-state index in [1.54, 1.807) is 17.0 Å². The summed E-state index contributed by atoms with van der Waals surface area (Å²) in [6, 6.07) is 12.5. The van der Waals surface area contributed by atoms with Crippen LogP contribution in [0.5, 0.6) is 5.75 Å². The van der Waals surface area contributed by atoms with E-state index in [-0.39, 0.29) is 31.4 Å². The van der Waals surface area contributed by atoms with Crippen molar-refractivity contribution in [2.75, 3.05) is 57.3 Å². The third kappa shape index (κ3) is 6.35. The smallest absolute Gasteiger partial charge is 0.219 e. The van der Waals surface area contributed by atoms with E-state index in [0.29, 0.717) is 57.0 Å². The molecule has 0 unspecified atom stereocenters. The molecule has 2 heterocycles. The summed E-state index contributed by atoms with van der Waals surface area (Å²) in [5.41, 5.74) is 0.591. The van der Waals surface area contributed by atoms with Crippen LogP contribution >= 0.6 is 0 Å². The first-order valence-electron chi connectivity index (χ1n) is 12.7. The number of carbonyl (C=O) groups is 1. The number of nitrogens with zero attached hydrogens (tertiary/aromatic N) is 3. The third-order valence-electron chi connectivity index (χ3n) is 7.53. The fourth-order valence-corrected chi connectivity index (χ4v) is 5.20. The van der Waals surface area contributed by atoms with Crippen LogP contribution in [0.25, 0.3) is 0 Å². The number of rotatable bonds is 6. The molecule has 0 bridgehead atoms. The Labute approximate surface area is 213 Å². The summed E-state index contributed by atoms with van der Waals surface area (Å²) in [5.74, 6) is 0.322. The number of amides is 1. The quantitative estimate of drug-likeness (QED) is 0.637. The van der Waals surface area contributed by atoms with Crippen LogP contribution in [0.1, 0.15) is 30.9 Å². The zero-order chi connectivity index (χ0) is 25.9. The van der Waals surface area contributed by atoms with E-state index in [9.17, 15) is 19.4 Å². The summed E-state index contributed by atoms with van der Waals surface area (Å²) in [5, 5.41) is 23.0. The van der Waals surface area contributed by atoms with Crippen molar-refractivity contribution in [3.63, 3.8) is 0 Å². The number of para-hydroxylation sites is 1. The van der Waals surface area contributed by atoms with E-state index in [2.05, 4.69) is 0 Å². The highest BCUT2D eigenvalue weighted by atomic mass is 19.1. The van der Waals surface area contributed by atoms with E-state index < -0.39 is 11.2 Å². The van der Waals surface area contributed by atoms with E-state index in [1.807, 2.05) is 47.9 Å². The fourth-order valence-electron chi connectivity index (χ4n) is 5.20. The summed E-state index contributed by atoms with van der Waals surface area (Å²) in [7, 11) is 0. The third-order valence-corrected chi connectivity index (χ3v) is 7.53. The molecule has 2 aliphatic heterocycles. The Bertz CT molecular complexity index is 1070. The van der Waals surface area contributed by atoms with Gasteiger partial charge < -0.3 is 24.7 Å². The van der Waals surface area contributed by atoms with Crippen LogP contribution in [0.3, 0.4) is 0 Å². The molecule has 4 rings (SSSR count). The van der Waals surface area contributed by atoms with Crippen molar-refractivity contribution in [1.82, 2.24) is 9.80 Å². The molecule has 0 aromatic heterocycles. The highest BCUT2D eigenvalue weighted by Crippen LogP contribution is 2.30. The molecular weight excluding hydrogens is 461 g/mol. The van der Waals surface area contributed by atoms with Crippen molar-refractivity contribution in [2.24, 2.45) is 0 Å². The number of piperidine rings is 1. The number of benzene rings is 2. The number of hydrogen-bond acceptors (Lipinski definition) is 6. The van der Waals surface area contributed by atoms with Crippen molar-refractivity contribution < 1.29 is 24.1 Å². The molecule has 7 nitrogen and oxygen atoms in total. The van der Waals surface area contributed by atoms with Crippen molar-refractivity contribution in [2.45, 2.75) is 44.8 Å². The first kappa shape index (κ1) is 26.4. The van der Waals surface area contributed by atoms with E-state index >= 15 is 0 Å². The number of β-amino-alcohol motifs (C(OH)–C–C–N with tert-alkyl or cyclic N) is 2. The summed E-state index contributed by atoms with van der Waals surface area (Å²) >= 11 is 0. The highest BCUT2D eigenvalue weighted by Gasteiger charge is 2.41. The zero-order valence-corrected chi connectivity index (χ0v) is 21.5. The standard InChI is InChI=1S/C28H38FN3O4/c1-21-8-9-24(16-22(21)2)36-20-28(35)18-30(14-15-32(19-28)23(3)33)17-27(34)10-12-31(13-11-27)26-7-5-4-6-25(26)29/h4-9,16,34-35H,10-15,17-20H2,1-3H3/t28-/m0/s1. The van der Waals surface area contributed by atoms with Crippen molar-refractivity contribution in [3.8, 4) is 5.75 Å². The Hall–Kier alpha value is -2.68. The first-order valence-corrected chi connectivity index (χ1v) is 12.7. The molecule has 2 saturated heterocycles. The van der Waals surface area contributed by atoms with Gasteiger partial charge in [0, 0.05) is 46.2 Å². The van der Waals surface area contributed by atoms with Crippen molar-refractivity contribution in [1.29, 1.82) is 0 Å². The lowest BCUT2D eigenvalue weighted by Crippen LogP contribution is -2.56. The summed E-state index contributed by atoms with van der Waals surface area (Å²) in [6.45, 7) is 8.52. The largest absolute Gasteiger partial charge is 0.490 e. The number of ether oxygens (including phenoxy) is 1. The summed E-state index contributed by atoms with van der Waals surface area (Å²) in [6.07, 6.45) is 0.984.